The monoisotopic (exact) mass is 289 g/mol. The van der Waals surface area contributed by atoms with Crippen molar-refractivity contribution in [2.24, 2.45) is 11.8 Å². The van der Waals surface area contributed by atoms with Crippen LogP contribution >= 0.6 is 0 Å². The Morgan fingerprint density at radius 2 is 2.29 bits per heavy atom. The van der Waals surface area contributed by atoms with E-state index >= 15 is 0 Å². The van der Waals surface area contributed by atoms with E-state index in [4.69, 9.17) is 10.4 Å². The van der Waals surface area contributed by atoms with Crippen molar-refractivity contribution in [1.82, 2.24) is 0 Å². The number of nitrogens with zero attached hydrogens (tertiary/aromatic N) is 2. The smallest absolute Gasteiger partial charge is 0.306 e. The van der Waals surface area contributed by atoms with E-state index in [9.17, 15) is 14.9 Å². The Morgan fingerprint density at radius 3 is 2.90 bits per heavy atom. The fourth-order valence-corrected chi connectivity index (χ4v) is 2.75. The van der Waals surface area contributed by atoms with Gasteiger partial charge in [-0.3, -0.25) is 14.9 Å². The molecule has 0 radical (unpaired) electrons. The van der Waals surface area contributed by atoms with Gasteiger partial charge in [0, 0.05) is 12.6 Å². The molecule has 1 saturated carbocycles. The average molecular weight is 289 g/mol. The van der Waals surface area contributed by atoms with Crippen molar-refractivity contribution in [3.05, 3.63) is 33.9 Å². The molecule has 7 heteroatoms. The van der Waals surface area contributed by atoms with E-state index in [-0.39, 0.29) is 17.2 Å². The molecule has 1 aromatic rings. The maximum Gasteiger partial charge on any atom is 0.306 e. The Hall–Kier alpha value is -2.62. The molecule has 2 atom stereocenters. The van der Waals surface area contributed by atoms with Crippen molar-refractivity contribution >= 4 is 17.3 Å². The van der Waals surface area contributed by atoms with Gasteiger partial charge in [-0.15, -0.1) is 0 Å². The molecule has 2 N–H and O–H groups in total. The van der Waals surface area contributed by atoms with Crippen LogP contribution in [-0.4, -0.2) is 22.5 Å². The second kappa shape index (κ2) is 6.22. The summed E-state index contributed by atoms with van der Waals surface area (Å²) in [7, 11) is 0. The first kappa shape index (κ1) is 14.8. The van der Waals surface area contributed by atoms with Gasteiger partial charge in [-0.05, 0) is 30.9 Å². The summed E-state index contributed by atoms with van der Waals surface area (Å²) >= 11 is 0. The minimum atomic E-state index is -0.811. The standard InChI is InChI=1S/C14H15N3O4/c15-7-9-4-5-12(13(6-9)17(20)21)16-8-10-2-1-3-11(10)14(18)19/h4-6,10-11,16H,1-3,8H2,(H,18,19). The minimum absolute atomic E-state index is 0.0299. The summed E-state index contributed by atoms with van der Waals surface area (Å²) in [5.74, 6) is -1.23. The summed E-state index contributed by atoms with van der Waals surface area (Å²) in [5, 5.41) is 31.9. The zero-order chi connectivity index (χ0) is 15.4. The number of nitriles is 1. The van der Waals surface area contributed by atoms with Gasteiger partial charge in [0.25, 0.3) is 5.69 Å². The van der Waals surface area contributed by atoms with Gasteiger partial charge >= 0.3 is 5.97 Å². The van der Waals surface area contributed by atoms with Crippen LogP contribution in [0.1, 0.15) is 24.8 Å². The number of nitro benzene ring substituents is 1. The van der Waals surface area contributed by atoms with Crippen LogP contribution in [0.4, 0.5) is 11.4 Å². The number of aliphatic carboxylic acids is 1. The highest BCUT2D eigenvalue weighted by Crippen LogP contribution is 2.33. The molecule has 1 aliphatic carbocycles. The lowest BCUT2D eigenvalue weighted by atomic mass is 9.96. The zero-order valence-corrected chi connectivity index (χ0v) is 11.3. The number of hydrogen-bond acceptors (Lipinski definition) is 5. The second-order valence-electron chi connectivity index (χ2n) is 5.12. The number of hydrogen-bond donors (Lipinski definition) is 2. The molecule has 1 aromatic carbocycles. The number of rotatable bonds is 5. The van der Waals surface area contributed by atoms with Crippen molar-refractivity contribution in [2.75, 3.05) is 11.9 Å². The predicted molar refractivity (Wildman–Crippen MR) is 74.8 cm³/mol. The average Bonchev–Trinajstić information content (AvgIpc) is 2.93. The normalized spacial score (nSPS) is 20.7. The molecule has 110 valence electrons. The van der Waals surface area contributed by atoms with Crippen molar-refractivity contribution < 1.29 is 14.8 Å². The first-order chi connectivity index (χ1) is 10.0. The maximum absolute atomic E-state index is 11.1. The quantitative estimate of drug-likeness (QED) is 0.635. The number of anilines is 1. The van der Waals surface area contributed by atoms with E-state index in [0.29, 0.717) is 18.7 Å². The molecule has 0 saturated heterocycles. The van der Waals surface area contributed by atoms with Gasteiger partial charge in [0.1, 0.15) is 5.69 Å². The molecule has 21 heavy (non-hydrogen) atoms. The third-order valence-corrected chi connectivity index (χ3v) is 3.85. The van der Waals surface area contributed by atoms with Crippen LogP contribution in [0.5, 0.6) is 0 Å². The molecule has 0 bridgehead atoms. The number of nitrogens with one attached hydrogen (secondary N) is 1. The first-order valence-electron chi connectivity index (χ1n) is 6.68. The maximum atomic E-state index is 11.1. The van der Waals surface area contributed by atoms with E-state index < -0.39 is 16.8 Å². The van der Waals surface area contributed by atoms with Crippen molar-refractivity contribution in [3.8, 4) is 6.07 Å². The van der Waals surface area contributed by atoms with Crippen molar-refractivity contribution in [3.63, 3.8) is 0 Å². The zero-order valence-electron chi connectivity index (χ0n) is 11.3. The number of carbonyl (C=O) groups is 1. The van der Waals surface area contributed by atoms with Gasteiger partial charge in [0.15, 0.2) is 0 Å². The highest BCUT2D eigenvalue weighted by Gasteiger charge is 2.32. The molecule has 2 rings (SSSR count). The fraction of sp³-hybridized carbons (Fsp3) is 0.429. The third kappa shape index (κ3) is 3.28. The van der Waals surface area contributed by atoms with Crippen LogP contribution in [0.3, 0.4) is 0 Å². The summed E-state index contributed by atoms with van der Waals surface area (Å²) in [4.78, 5) is 21.6. The molecule has 0 amide bonds. The minimum Gasteiger partial charge on any atom is -0.481 e. The summed E-state index contributed by atoms with van der Waals surface area (Å²) in [6, 6.07) is 6.06. The molecule has 1 aliphatic rings. The molecule has 0 spiro atoms. The molecule has 1 fully saturated rings. The number of carboxylic acids is 1. The highest BCUT2D eigenvalue weighted by atomic mass is 16.6. The largest absolute Gasteiger partial charge is 0.481 e. The van der Waals surface area contributed by atoms with Crippen LogP contribution in [0.15, 0.2) is 18.2 Å². The van der Waals surface area contributed by atoms with Crippen LogP contribution in [0, 0.1) is 33.3 Å². The number of carboxylic acid groups (broad SMARTS) is 1. The lowest BCUT2D eigenvalue weighted by molar-refractivity contribution is -0.384. The van der Waals surface area contributed by atoms with Gasteiger partial charge in [0.05, 0.1) is 22.5 Å². The molecule has 2 unspecified atom stereocenters. The Balaban J connectivity index is 2.11. The summed E-state index contributed by atoms with van der Waals surface area (Å²) < 4.78 is 0. The summed E-state index contributed by atoms with van der Waals surface area (Å²) in [6.45, 7) is 0.379. The van der Waals surface area contributed by atoms with E-state index in [1.807, 2.05) is 6.07 Å². The van der Waals surface area contributed by atoms with E-state index in [2.05, 4.69) is 5.32 Å². The summed E-state index contributed by atoms with van der Waals surface area (Å²) in [5.41, 5.74) is 0.366. The topological polar surface area (TPSA) is 116 Å². The SMILES string of the molecule is N#Cc1ccc(NCC2CCCC2C(=O)O)c([N+](=O)[O-])c1. The first-order valence-corrected chi connectivity index (χ1v) is 6.68. The van der Waals surface area contributed by atoms with Crippen LogP contribution in [-0.2, 0) is 4.79 Å². The van der Waals surface area contributed by atoms with Gasteiger partial charge in [-0.1, -0.05) is 6.42 Å². The van der Waals surface area contributed by atoms with Gasteiger partial charge in [-0.25, -0.2) is 0 Å². The Morgan fingerprint density at radius 1 is 1.52 bits per heavy atom. The Bertz CT molecular complexity index is 609. The fourth-order valence-electron chi connectivity index (χ4n) is 2.75. The molecule has 0 aromatic heterocycles. The van der Waals surface area contributed by atoms with Gasteiger partial charge in [-0.2, -0.15) is 5.26 Å². The van der Waals surface area contributed by atoms with E-state index in [1.165, 1.54) is 18.2 Å². The molecule has 7 nitrogen and oxygen atoms in total. The van der Waals surface area contributed by atoms with Crippen molar-refractivity contribution in [2.45, 2.75) is 19.3 Å². The Labute approximate surface area is 121 Å². The van der Waals surface area contributed by atoms with Crippen LogP contribution < -0.4 is 5.32 Å². The molecule has 0 aliphatic heterocycles. The number of nitro groups is 1. The third-order valence-electron chi connectivity index (χ3n) is 3.85. The lowest BCUT2D eigenvalue weighted by Gasteiger charge is -2.17. The van der Waals surface area contributed by atoms with E-state index in [0.717, 1.165) is 12.8 Å². The van der Waals surface area contributed by atoms with Crippen LogP contribution in [0.2, 0.25) is 0 Å². The van der Waals surface area contributed by atoms with Gasteiger partial charge in [0.2, 0.25) is 0 Å². The van der Waals surface area contributed by atoms with Crippen LogP contribution in [0.25, 0.3) is 0 Å². The second-order valence-corrected chi connectivity index (χ2v) is 5.12. The Kier molecular flexibility index (Phi) is 4.38. The summed E-state index contributed by atoms with van der Waals surface area (Å²) in [6.07, 6.45) is 2.31. The number of benzene rings is 1. The lowest BCUT2D eigenvalue weighted by Crippen LogP contribution is -2.24. The predicted octanol–water partition coefficient (Wildman–Crippen LogP) is 2.38. The van der Waals surface area contributed by atoms with Crippen molar-refractivity contribution in [1.29, 1.82) is 5.26 Å². The highest BCUT2D eigenvalue weighted by molar-refractivity contribution is 5.71. The molecular weight excluding hydrogens is 274 g/mol. The van der Waals surface area contributed by atoms with Gasteiger partial charge < -0.3 is 10.4 Å². The molecule has 0 heterocycles. The van der Waals surface area contributed by atoms with E-state index in [1.54, 1.807) is 0 Å². The molecular formula is C14H15N3O4.